The van der Waals surface area contributed by atoms with E-state index in [1.807, 2.05) is 12.1 Å². The third-order valence-corrected chi connectivity index (χ3v) is 3.14. The van der Waals surface area contributed by atoms with Gasteiger partial charge in [0.05, 0.1) is 0 Å². The molecule has 0 unspecified atom stereocenters. The molecular formula is C15H18ClN3O2. The Labute approximate surface area is 128 Å². The molecule has 0 spiro atoms. The van der Waals surface area contributed by atoms with Crippen LogP contribution in [0.5, 0.6) is 0 Å². The summed E-state index contributed by atoms with van der Waals surface area (Å²) in [6.07, 6.45) is 1.07. The minimum Gasteiger partial charge on any atom is -0.355 e. The lowest BCUT2D eigenvalue weighted by Gasteiger charge is -2.03. The van der Waals surface area contributed by atoms with Crippen LogP contribution in [-0.4, -0.2) is 30.7 Å². The zero-order valence-electron chi connectivity index (χ0n) is 11.9. The highest BCUT2D eigenvalue weighted by atomic mass is 35.5. The van der Waals surface area contributed by atoms with Gasteiger partial charge in [-0.2, -0.15) is 0 Å². The van der Waals surface area contributed by atoms with Gasteiger partial charge in [0, 0.05) is 29.7 Å². The molecule has 0 atom stereocenters. The molecule has 0 saturated heterocycles. The van der Waals surface area contributed by atoms with Crippen molar-refractivity contribution in [2.75, 3.05) is 19.6 Å². The van der Waals surface area contributed by atoms with Crippen LogP contribution in [0.25, 0.3) is 11.3 Å². The second-order valence-electron chi connectivity index (χ2n) is 4.59. The van der Waals surface area contributed by atoms with Gasteiger partial charge in [0.25, 0.3) is 5.91 Å². The number of carbonyl (C=O) groups excluding carboxylic acids is 1. The van der Waals surface area contributed by atoms with Crippen LogP contribution in [0.15, 0.2) is 34.9 Å². The summed E-state index contributed by atoms with van der Waals surface area (Å²) in [5.41, 5.74) is 1.10. The molecule has 1 amide bonds. The van der Waals surface area contributed by atoms with Crippen molar-refractivity contribution < 1.29 is 9.32 Å². The standard InChI is InChI=1S/C15H18ClN3O2/c1-2-7-17-8-9-18-15(20)13-10-14(21-19-13)11-3-5-12(16)6-4-11/h3-6,10,17H,2,7-9H2,1H3,(H,18,20). The highest BCUT2D eigenvalue weighted by Crippen LogP contribution is 2.22. The first-order valence-electron chi connectivity index (χ1n) is 6.92. The largest absolute Gasteiger partial charge is 0.355 e. The first-order chi connectivity index (χ1) is 10.2. The maximum absolute atomic E-state index is 11.9. The molecule has 1 aromatic carbocycles. The van der Waals surface area contributed by atoms with Gasteiger partial charge in [-0.25, -0.2) is 0 Å². The van der Waals surface area contributed by atoms with Gasteiger partial charge in [-0.05, 0) is 37.2 Å². The van der Waals surface area contributed by atoms with Crippen molar-refractivity contribution in [1.82, 2.24) is 15.8 Å². The molecular weight excluding hydrogens is 290 g/mol. The van der Waals surface area contributed by atoms with Gasteiger partial charge in [0.2, 0.25) is 0 Å². The molecule has 1 heterocycles. The van der Waals surface area contributed by atoms with Crippen molar-refractivity contribution in [3.63, 3.8) is 0 Å². The van der Waals surface area contributed by atoms with Crippen LogP contribution >= 0.6 is 11.6 Å². The Morgan fingerprint density at radius 3 is 2.71 bits per heavy atom. The van der Waals surface area contributed by atoms with E-state index in [-0.39, 0.29) is 11.6 Å². The fourth-order valence-corrected chi connectivity index (χ4v) is 1.92. The van der Waals surface area contributed by atoms with E-state index in [1.54, 1.807) is 18.2 Å². The van der Waals surface area contributed by atoms with Crippen LogP contribution in [0.2, 0.25) is 5.02 Å². The molecule has 0 bridgehead atoms. The van der Waals surface area contributed by atoms with Gasteiger partial charge in [0.1, 0.15) is 0 Å². The van der Waals surface area contributed by atoms with Gasteiger partial charge >= 0.3 is 0 Å². The summed E-state index contributed by atoms with van der Waals surface area (Å²) in [7, 11) is 0. The SMILES string of the molecule is CCCNCCNC(=O)c1cc(-c2ccc(Cl)cc2)on1. The lowest BCUT2D eigenvalue weighted by atomic mass is 10.1. The second-order valence-corrected chi connectivity index (χ2v) is 5.03. The number of hydrogen-bond acceptors (Lipinski definition) is 4. The fourth-order valence-electron chi connectivity index (χ4n) is 1.79. The number of benzene rings is 1. The van der Waals surface area contributed by atoms with Crippen molar-refractivity contribution in [2.24, 2.45) is 0 Å². The monoisotopic (exact) mass is 307 g/mol. The smallest absolute Gasteiger partial charge is 0.273 e. The summed E-state index contributed by atoms with van der Waals surface area (Å²) in [5.74, 6) is 0.304. The number of carbonyl (C=O) groups is 1. The molecule has 2 rings (SSSR count). The molecule has 0 aliphatic heterocycles. The zero-order valence-corrected chi connectivity index (χ0v) is 12.6. The van der Waals surface area contributed by atoms with Crippen LogP contribution in [0.1, 0.15) is 23.8 Å². The van der Waals surface area contributed by atoms with Crippen molar-refractivity contribution >= 4 is 17.5 Å². The van der Waals surface area contributed by atoms with Crippen molar-refractivity contribution in [3.05, 3.63) is 41.0 Å². The Balaban J connectivity index is 1.90. The number of nitrogens with zero attached hydrogens (tertiary/aromatic N) is 1. The van der Waals surface area contributed by atoms with Crippen molar-refractivity contribution in [1.29, 1.82) is 0 Å². The highest BCUT2D eigenvalue weighted by Gasteiger charge is 2.13. The maximum Gasteiger partial charge on any atom is 0.273 e. The summed E-state index contributed by atoms with van der Waals surface area (Å²) < 4.78 is 5.19. The number of aromatic nitrogens is 1. The van der Waals surface area contributed by atoms with E-state index in [0.29, 0.717) is 17.3 Å². The molecule has 0 saturated carbocycles. The molecule has 0 aliphatic rings. The Hall–Kier alpha value is -1.85. The average Bonchev–Trinajstić information content (AvgIpc) is 2.97. The van der Waals surface area contributed by atoms with Crippen LogP contribution in [0.4, 0.5) is 0 Å². The summed E-state index contributed by atoms with van der Waals surface area (Å²) in [6, 6.07) is 8.79. The Morgan fingerprint density at radius 2 is 2.00 bits per heavy atom. The minimum absolute atomic E-state index is 0.239. The number of nitrogens with one attached hydrogen (secondary N) is 2. The Morgan fingerprint density at radius 1 is 1.24 bits per heavy atom. The average molecular weight is 308 g/mol. The third-order valence-electron chi connectivity index (χ3n) is 2.89. The lowest BCUT2D eigenvalue weighted by molar-refractivity contribution is 0.0945. The summed E-state index contributed by atoms with van der Waals surface area (Å²) in [4.78, 5) is 11.9. The molecule has 2 N–H and O–H groups in total. The Kier molecular flexibility index (Phi) is 5.78. The van der Waals surface area contributed by atoms with E-state index in [4.69, 9.17) is 16.1 Å². The first-order valence-corrected chi connectivity index (χ1v) is 7.30. The summed E-state index contributed by atoms with van der Waals surface area (Å²) in [5, 5.41) is 10.4. The summed E-state index contributed by atoms with van der Waals surface area (Å²) >= 11 is 5.83. The predicted octanol–water partition coefficient (Wildman–Crippen LogP) is 2.72. The van der Waals surface area contributed by atoms with Crippen LogP contribution in [0.3, 0.4) is 0 Å². The van der Waals surface area contributed by atoms with E-state index in [2.05, 4.69) is 22.7 Å². The normalized spacial score (nSPS) is 10.6. The Bertz CT molecular complexity index is 581. The number of rotatable bonds is 7. The maximum atomic E-state index is 11.9. The molecule has 21 heavy (non-hydrogen) atoms. The fraction of sp³-hybridized carbons (Fsp3) is 0.333. The summed E-state index contributed by atoms with van der Waals surface area (Å²) in [6.45, 7) is 4.34. The van der Waals surface area contributed by atoms with E-state index in [9.17, 15) is 4.79 Å². The quantitative estimate of drug-likeness (QED) is 0.772. The van der Waals surface area contributed by atoms with E-state index in [1.165, 1.54) is 0 Å². The molecule has 0 aliphatic carbocycles. The van der Waals surface area contributed by atoms with Gasteiger partial charge in [-0.15, -0.1) is 0 Å². The van der Waals surface area contributed by atoms with E-state index in [0.717, 1.165) is 25.1 Å². The molecule has 6 heteroatoms. The van der Waals surface area contributed by atoms with Gasteiger partial charge in [-0.1, -0.05) is 23.7 Å². The third kappa shape index (κ3) is 4.58. The van der Waals surface area contributed by atoms with Gasteiger partial charge in [0.15, 0.2) is 11.5 Å². The van der Waals surface area contributed by atoms with Gasteiger partial charge in [-0.3, -0.25) is 4.79 Å². The highest BCUT2D eigenvalue weighted by molar-refractivity contribution is 6.30. The van der Waals surface area contributed by atoms with E-state index >= 15 is 0 Å². The molecule has 112 valence electrons. The molecule has 2 aromatic rings. The number of halogens is 1. The molecule has 0 fully saturated rings. The van der Waals surface area contributed by atoms with Crippen molar-refractivity contribution in [3.8, 4) is 11.3 Å². The second kappa shape index (κ2) is 7.81. The van der Waals surface area contributed by atoms with E-state index < -0.39 is 0 Å². The molecule has 5 nitrogen and oxygen atoms in total. The van der Waals surface area contributed by atoms with Gasteiger partial charge < -0.3 is 15.2 Å². The van der Waals surface area contributed by atoms with Crippen LogP contribution < -0.4 is 10.6 Å². The van der Waals surface area contributed by atoms with Crippen LogP contribution in [-0.2, 0) is 0 Å². The topological polar surface area (TPSA) is 67.2 Å². The molecule has 0 radical (unpaired) electrons. The first kappa shape index (κ1) is 15.5. The van der Waals surface area contributed by atoms with Crippen molar-refractivity contribution in [2.45, 2.75) is 13.3 Å². The number of hydrogen-bond donors (Lipinski definition) is 2. The minimum atomic E-state index is -0.239. The predicted molar refractivity (Wildman–Crippen MR) is 82.4 cm³/mol. The number of amides is 1. The lowest BCUT2D eigenvalue weighted by Crippen LogP contribution is -2.32. The van der Waals surface area contributed by atoms with Crippen LogP contribution in [0, 0.1) is 0 Å². The molecule has 1 aromatic heterocycles. The zero-order chi connectivity index (χ0) is 15.1.